The first-order valence-corrected chi connectivity index (χ1v) is 26.7. The molecule has 0 saturated heterocycles. The maximum Gasteiger partial charge on any atom is 0.0462 e. The zero-order valence-electron chi connectivity index (χ0n) is 44.1. The Kier molecular flexibility index (Phi) is 15.5. The average Bonchev–Trinajstić information content (AvgIpc) is 3.53. The summed E-state index contributed by atoms with van der Waals surface area (Å²) < 4.78 is 0. The predicted octanol–water partition coefficient (Wildman–Crippen LogP) is 20.8. The number of aryl methyl sites for hydroxylation is 2. The molecule has 11 aromatic carbocycles. The van der Waals surface area contributed by atoms with Crippen LogP contribution in [0.2, 0.25) is 0 Å². The molecule has 0 fully saturated rings. The van der Waals surface area contributed by atoms with Crippen molar-refractivity contribution < 1.29 is 0 Å². The van der Waals surface area contributed by atoms with Crippen molar-refractivity contribution in [1.29, 1.82) is 0 Å². The van der Waals surface area contributed by atoms with Crippen molar-refractivity contribution in [2.75, 3.05) is 9.80 Å². The summed E-state index contributed by atoms with van der Waals surface area (Å²) in [5.41, 5.74) is 23.1. The fraction of sp³-hybridized carbons (Fsp3) is 0.0263. The fourth-order valence-electron chi connectivity index (χ4n) is 9.76. The molecule has 78 heavy (non-hydrogen) atoms. The maximum atomic E-state index is 2.32. The third kappa shape index (κ3) is 12.4. The van der Waals surface area contributed by atoms with E-state index in [2.05, 4.69) is 351 Å². The molecule has 0 atom stereocenters. The van der Waals surface area contributed by atoms with E-state index in [1.165, 1.54) is 44.5 Å². The molecule has 0 heterocycles. The molecule has 0 N–H and O–H groups in total. The van der Waals surface area contributed by atoms with E-state index in [9.17, 15) is 0 Å². The Morgan fingerprint density at radius 3 is 0.641 bits per heavy atom. The Hall–Kier alpha value is -10.0. The summed E-state index contributed by atoms with van der Waals surface area (Å²) >= 11 is 0. The van der Waals surface area contributed by atoms with E-state index in [0.29, 0.717) is 0 Å². The molecule has 0 aliphatic carbocycles. The van der Waals surface area contributed by atoms with Gasteiger partial charge in [-0.1, -0.05) is 254 Å². The van der Waals surface area contributed by atoms with Crippen LogP contribution in [0.3, 0.4) is 0 Å². The molecule has 0 spiro atoms. The number of rotatable bonds is 16. The molecular weight excluding hydrogens is 941 g/mol. The number of anilines is 6. The third-order valence-electron chi connectivity index (χ3n) is 14.0. The second kappa shape index (κ2) is 24.1. The van der Waals surface area contributed by atoms with E-state index in [4.69, 9.17) is 0 Å². The lowest BCUT2D eigenvalue weighted by atomic mass is 9.95. The van der Waals surface area contributed by atoms with Crippen LogP contribution in [0.15, 0.2) is 291 Å². The van der Waals surface area contributed by atoms with Crippen LogP contribution in [-0.4, -0.2) is 0 Å². The van der Waals surface area contributed by atoms with Gasteiger partial charge < -0.3 is 9.80 Å². The second-order valence-corrected chi connectivity index (χ2v) is 19.6. The van der Waals surface area contributed by atoms with Crippen molar-refractivity contribution in [3.63, 3.8) is 0 Å². The van der Waals surface area contributed by atoms with Crippen molar-refractivity contribution in [2.24, 2.45) is 0 Å². The maximum absolute atomic E-state index is 2.32. The summed E-state index contributed by atoms with van der Waals surface area (Å²) in [7, 11) is 0. The summed E-state index contributed by atoms with van der Waals surface area (Å²) in [5.74, 6) is 0. The lowest BCUT2D eigenvalue weighted by molar-refractivity contribution is 1.27. The van der Waals surface area contributed by atoms with Crippen molar-refractivity contribution in [2.45, 2.75) is 13.8 Å². The molecular formula is C76H60N2. The highest BCUT2D eigenvalue weighted by Gasteiger charge is 2.15. The Labute approximate surface area is 460 Å². The normalized spacial score (nSPS) is 11.1. The van der Waals surface area contributed by atoms with Gasteiger partial charge in [0.15, 0.2) is 0 Å². The molecule has 0 aromatic heterocycles. The topological polar surface area (TPSA) is 6.48 Å². The van der Waals surface area contributed by atoms with E-state index < -0.39 is 0 Å². The number of benzene rings is 11. The third-order valence-corrected chi connectivity index (χ3v) is 14.0. The smallest absolute Gasteiger partial charge is 0.0462 e. The van der Waals surface area contributed by atoms with E-state index in [1.54, 1.807) is 0 Å². The molecule has 2 heteroatoms. The Balaban J connectivity index is 0.767. The van der Waals surface area contributed by atoms with Crippen LogP contribution in [0.4, 0.5) is 34.1 Å². The highest BCUT2D eigenvalue weighted by Crippen LogP contribution is 2.38. The van der Waals surface area contributed by atoms with Gasteiger partial charge >= 0.3 is 0 Å². The summed E-state index contributed by atoms with van der Waals surface area (Å²) in [5, 5.41) is 0. The Morgan fingerprint density at radius 2 is 0.410 bits per heavy atom. The predicted molar refractivity (Wildman–Crippen MR) is 336 cm³/mol. The van der Waals surface area contributed by atoms with Gasteiger partial charge in [-0.15, -0.1) is 0 Å². The summed E-state index contributed by atoms with van der Waals surface area (Å²) in [6.45, 7) is 4.26. The van der Waals surface area contributed by atoms with E-state index in [0.717, 1.165) is 67.5 Å². The summed E-state index contributed by atoms with van der Waals surface area (Å²) in [4.78, 5) is 4.65. The van der Waals surface area contributed by atoms with Crippen molar-refractivity contribution in [3.05, 3.63) is 358 Å². The lowest BCUT2D eigenvalue weighted by Crippen LogP contribution is -2.09. The molecule has 0 saturated carbocycles. The van der Waals surface area contributed by atoms with E-state index >= 15 is 0 Å². The van der Waals surface area contributed by atoms with Gasteiger partial charge in [0.2, 0.25) is 0 Å². The van der Waals surface area contributed by atoms with Crippen molar-refractivity contribution in [3.8, 4) is 0 Å². The monoisotopic (exact) mass is 1000 g/mol. The molecule has 0 aliphatic heterocycles. The molecule has 2 nitrogen and oxygen atoms in total. The molecule has 0 radical (unpaired) electrons. The van der Waals surface area contributed by atoms with Crippen LogP contribution in [-0.2, 0) is 0 Å². The minimum atomic E-state index is 1.10. The molecule has 0 amide bonds. The number of hydrogen-bond acceptors (Lipinski definition) is 2. The van der Waals surface area contributed by atoms with Crippen LogP contribution in [0, 0.1) is 13.8 Å². The lowest BCUT2D eigenvalue weighted by Gasteiger charge is -2.26. The second-order valence-electron chi connectivity index (χ2n) is 19.6. The first kappa shape index (κ1) is 50.2. The zero-order valence-corrected chi connectivity index (χ0v) is 44.1. The SMILES string of the molecule is Cc1ccc(N(c2ccc(C=C(c3ccccc3)c3ccccc3)cc2)c2ccc(/C=C/c3ccc(/C=C/c4ccc(N(c5ccc(C)cc5)c5ccc(C=C(c6ccccc6)c6ccccc6)cc5)cc4)cc3)cc2)cc1. The molecule has 0 aliphatic rings. The summed E-state index contributed by atoms with van der Waals surface area (Å²) in [6.07, 6.45) is 13.3. The van der Waals surface area contributed by atoms with Gasteiger partial charge in [-0.3, -0.25) is 0 Å². The minimum Gasteiger partial charge on any atom is -0.311 e. The Morgan fingerprint density at radius 1 is 0.218 bits per heavy atom. The van der Waals surface area contributed by atoms with Gasteiger partial charge in [-0.25, -0.2) is 0 Å². The van der Waals surface area contributed by atoms with E-state index in [1.807, 2.05) is 0 Å². The van der Waals surface area contributed by atoms with Crippen LogP contribution >= 0.6 is 0 Å². The van der Waals surface area contributed by atoms with Gasteiger partial charge in [0.25, 0.3) is 0 Å². The Bertz CT molecular complexity index is 3460. The highest BCUT2D eigenvalue weighted by molar-refractivity contribution is 5.93. The van der Waals surface area contributed by atoms with Crippen LogP contribution in [0.5, 0.6) is 0 Å². The van der Waals surface area contributed by atoms with Gasteiger partial charge in [-0.05, 0) is 166 Å². The molecule has 11 rings (SSSR count). The summed E-state index contributed by atoms with van der Waals surface area (Å²) in [6, 6.07) is 104. The quantitative estimate of drug-likeness (QED) is 0.0890. The van der Waals surface area contributed by atoms with Gasteiger partial charge in [0, 0.05) is 34.1 Å². The first-order valence-electron chi connectivity index (χ1n) is 26.7. The van der Waals surface area contributed by atoms with Gasteiger partial charge in [0.1, 0.15) is 0 Å². The van der Waals surface area contributed by atoms with Gasteiger partial charge in [0.05, 0.1) is 0 Å². The minimum absolute atomic E-state index is 1.10. The standard InChI is InChI=1S/C76H60N2/c1-57-23-43-69(44-24-57)77(73-51-39-63(40-52-73)55-75(65-15-7-3-8-16-65)66-17-9-4-10-18-66)71-47-35-61(36-48-71)33-31-59-27-29-60(30-28-59)32-34-62-37-49-72(50-38-62)78(70-45-25-58(2)26-46-70)74-53-41-64(42-54-74)56-76(67-19-11-5-12-20-67)68-21-13-6-14-22-68/h3-56H,1-2H3/b33-31+,34-32+. The van der Waals surface area contributed by atoms with Gasteiger partial charge in [-0.2, -0.15) is 0 Å². The molecule has 0 bridgehead atoms. The highest BCUT2D eigenvalue weighted by atomic mass is 15.1. The molecule has 0 unspecified atom stereocenters. The van der Waals surface area contributed by atoms with Crippen LogP contribution < -0.4 is 9.80 Å². The fourth-order valence-corrected chi connectivity index (χ4v) is 9.76. The molecule has 11 aromatic rings. The first-order chi connectivity index (χ1) is 38.5. The van der Waals surface area contributed by atoms with Crippen molar-refractivity contribution >= 4 is 81.7 Å². The van der Waals surface area contributed by atoms with Crippen molar-refractivity contribution in [1.82, 2.24) is 0 Å². The average molecular weight is 1000 g/mol. The number of nitrogens with zero attached hydrogens (tertiary/aromatic N) is 2. The zero-order chi connectivity index (χ0) is 52.9. The number of hydrogen-bond donors (Lipinski definition) is 0. The largest absolute Gasteiger partial charge is 0.311 e. The van der Waals surface area contributed by atoms with Crippen LogP contribution in [0.1, 0.15) is 66.8 Å². The van der Waals surface area contributed by atoms with Crippen LogP contribution in [0.25, 0.3) is 47.6 Å². The van der Waals surface area contributed by atoms with E-state index in [-0.39, 0.29) is 0 Å². The molecule has 374 valence electrons.